The van der Waals surface area contributed by atoms with Crippen LogP contribution in [0.4, 0.5) is 0 Å². The minimum Gasteiger partial charge on any atom is -0.324 e. The molecule has 0 aliphatic heterocycles. The van der Waals surface area contributed by atoms with Crippen molar-refractivity contribution in [3.63, 3.8) is 0 Å². The second-order valence-corrected chi connectivity index (χ2v) is 5.14. The lowest BCUT2D eigenvalue weighted by atomic mass is 10.1. The Hall–Kier alpha value is -1.87. The van der Waals surface area contributed by atoms with Gasteiger partial charge in [-0.15, -0.1) is 0 Å². The predicted molar refractivity (Wildman–Crippen MR) is 83.6 cm³/mol. The van der Waals surface area contributed by atoms with Crippen molar-refractivity contribution in [2.24, 2.45) is 5.73 Å². The highest BCUT2D eigenvalue weighted by Crippen LogP contribution is 2.19. The third kappa shape index (κ3) is 2.99. The zero-order chi connectivity index (χ0) is 14.5. The van der Waals surface area contributed by atoms with Crippen LogP contribution in [0.5, 0.6) is 0 Å². The van der Waals surface area contributed by atoms with E-state index in [9.17, 15) is 4.79 Å². The Balaban J connectivity index is 2.57. The first-order valence-electron chi connectivity index (χ1n) is 7.20. The maximum absolute atomic E-state index is 12.6. The second-order valence-electron chi connectivity index (χ2n) is 5.14. The molecule has 0 saturated carbocycles. The van der Waals surface area contributed by atoms with Gasteiger partial charge in [0.1, 0.15) is 0 Å². The molecule has 1 heterocycles. The van der Waals surface area contributed by atoms with Crippen molar-refractivity contribution in [3.8, 4) is 11.3 Å². The van der Waals surface area contributed by atoms with Gasteiger partial charge in [-0.3, -0.25) is 4.79 Å². The van der Waals surface area contributed by atoms with E-state index < -0.39 is 0 Å². The number of nitrogens with zero attached hydrogens (tertiary/aromatic N) is 1. The van der Waals surface area contributed by atoms with Crippen molar-refractivity contribution in [2.45, 2.75) is 39.3 Å². The van der Waals surface area contributed by atoms with Gasteiger partial charge in [0.25, 0.3) is 5.56 Å². The highest BCUT2D eigenvalue weighted by atomic mass is 16.1. The molecule has 3 heteroatoms. The summed E-state index contributed by atoms with van der Waals surface area (Å²) in [6.07, 6.45) is 2.05. The van der Waals surface area contributed by atoms with Crippen LogP contribution in [0.25, 0.3) is 11.3 Å². The van der Waals surface area contributed by atoms with Crippen LogP contribution in [0.1, 0.15) is 38.3 Å². The van der Waals surface area contributed by atoms with Crippen molar-refractivity contribution < 1.29 is 0 Å². The Morgan fingerprint density at radius 1 is 1.15 bits per heavy atom. The van der Waals surface area contributed by atoms with Crippen LogP contribution in [0.15, 0.2) is 47.3 Å². The molecule has 2 rings (SSSR count). The maximum Gasteiger partial charge on any atom is 0.255 e. The number of aromatic nitrogens is 1. The molecule has 2 aromatic rings. The highest BCUT2D eigenvalue weighted by molar-refractivity contribution is 5.59. The monoisotopic (exact) mass is 270 g/mol. The molecule has 1 unspecified atom stereocenters. The largest absolute Gasteiger partial charge is 0.324 e. The number of benzene rings is 1. The minimum atomic E-state index is -0.236. The predicted octanol–water partition coefficient (Wildman–Crippen LogP) is 3.34. The smallest absolute Gasteiger partial charge is 0.255 e. The molecule has 0 fully saturated rings. The van der Waals surface area contributed by atoms with Crippen LogP contribution in [-0.2, 0) is 6.54 Å². The van der Waals surface area contributed by atoms with Gasteiger partial charge in [0.2, 0.25) is 0 Å². The van der Waals surface area contributed by atoms with Gasteiger partial charge in [-0.05, 0) is 31.0 Å². The van der Waals surface area contributed by atoms with Crippen molar-refractivity contribution in [1.82, 2.24) is 4.57 Å². The van der Waals surface area contributed by atoms with Crippen LogP contribution in [-0.4, -0.2) is 4.57 Å². The van der Waals surface area contributed by atoms with Gasteiger partial charge >= 0.3 is 0 Å². The molecule has 106 valence electrons. The van der Waals surface area contributed by atoms with Crippen LogP contribution in [0.2, 0.25) is 0 Å². The number of nitrogens with two attached hydrogens (primary N) is 1. The summed E-state index contributed by atoms with van der Waals surface area (Å²) < 4.78 is 1.86. The average Bonchev–Trinajstić information content (AvgIpc) is 2.46. The van der Waals surface area contributed by atoms with Gasteiger partial charge in [0.15, 0.2) is 0 Å². The molecule has 0 radical (unpaired) electrons. The molecule has 2 N–H and O–H groups in total. The van der Waals surface area contributed by atoms with Crippen LogP contribution >= 0.6 is 0 Å². The topological polar surface area (TPSA) is 48.0 Å². The summed E-state index contributed by atoms with van der Waals surface area (Å²) in [7, 11) is 0. The first-order valence-corrected chi connectivity index (χ1v) is 7.20. The van der Waals surface area contributed by atoms with E-state index in [1.807, 2.05) is 54.0 Å². The molecule has 0 saturated heterocycles. The lowest BCUT2D eigenvalue weighted by Crippen LogP contribution is -2.28. The molecule has 3 nitrogen and oxygen atoms in total. The van der Waals surface area contributed by atoms with E-state index in [1.54, 1.807) is 0 Å². The van der Waals surface area contributed by atoms with Gasteiger partial charge < -0.3 is 10.3 Å². The summed E-state index contributed by atoms with van der Waals surface area (Å²) in [5, 5.41) is 0. The number of hydrogen-bond donors (Lipinski definition) is 1. The Labute approximate surface area is 120 Å². The van der Waals surface area contributed by atoms with Crippen molar-refractivity contribution in [3.05, 3.63) is 58.4 Å². The van der Waals surface area contributed by atoms with Crippen molar-refractivity contribution in [2.75, 3.05) is 0 Å². The summed E-state index contributed by atoms with van der Waals surface area (Å²) in [5.41, 5.74) is 8.64. The van der Waals surface area contributed by atoms with E-state index in [0.29, 0.717) is 5.56 Å². The number of hydrogen-bond acceptors (Lipinski definition) is 2. The van der Waals surface area contributed by atoms with E-state index in [1.165, 1.54) is 0 Å². The molecule has 0 spiro atoms. The molecule has 20 heavy (non-hydrogen) atoms. The Bertz CT molecular complexity index is 615. The minimum absolute atomic E-state index is 0.0369. The van der Waals surface area contributed by atoms with Crippen LogP contribution < -0.4 is 11.3 Å². The third-order valence-electron chi connectivity index (χ3n) is 3.50. The Morgan fingerprint density at radius 2 is 1.85 bits per heavy atom. The number of unbranched alkanes of at least 4 members (excludes halogenated alkanes) is 1. The SMILES string of the molecule is CCCCn1c(-c2ccccc2)ccc(C(C)N)c1=O. The quantitative estimate of drug-likeness (QED) is 0.906. The maximum atomic E-state index is 12.6. The van der Waals surface area contributed by atoms with Crippen molar-refractivity contribution >= 4 is 0 Å². The first kappa shape index (κ1) is 14.5. The van der Waals surface area contributed by atoms with Gasteiger partial charge in [-0.1, -0.05) is 43.7 Å². The molecule has 0 bridgehead atoms. The summed E-state index contributed by atoms with van der Waals surface area (Å²) in [6, 6.07) is 13.6. The number of rotatable bonds is 5. The average molecular weight is 270 g/mol. The first-order chi connectivity index (χ1) is 9.65. The molecule has 1 atom stereocenters. The summed E-state index contributed by atoms with van der Waals surface area (Å²) >= 11 is 0. The molecule has 0 aliphatic rings. The summed E-state index contributed by atoms with van der Waals surface area (Å²) in [4.78, 5) is 12.6. The van der Waals surface area contributed by atoms with Gasteiger partial charge in [0.05, 0.1) is 5.69 Å². The van der Waals surface area contributed by atoms with Crippen LogP contribution in [0.3, 0.4) is 0 Å². The van der Waals surface area contributed by atoms with E-state index in [-0.39, 0.29) is 11.6 Å². The van der Waals surface area contributed by atoms with E-state index >= 15 is 0 Å². The fraction of sp³-hybridized carbons (Fsp3) is 0.353. The van der Waals surface area contributed by atoms with Gasteiger partial charge in [-0.25, -0.2) is 0 Å². The summed E-state index contributed by atoms with van der Waals surface area (Å²) in [5.74, 6) is 0. The highest BCUT2D eigenvalue weighted by Gasteiger charge is 2.12. The molecular formula is C17H22N2O. The van der Waals surface area contributed by atoms with Gasteiger partial charge in [-0.2, -0.15) is 0 Å². The van der Waals surface area contributed by atoms with E-state index in [2.05, 4.69) is 6.92 Å². The molecule has 1 aromatic heterocycles. The van der Waals surface area contributed by atoms with E-state index in [0.717, 1.165) is 30.6 Å². The summed E-state index contributed by atoms with van der Waals surface area (Å²) in [6.45, 7) is 4.71. The lowest BCUT2D eigenvalue weighted by molar-refractivity contribution is 0.608. The second kappa shape index (κ2) is 6.53. The molecule has 0 aliphatic carbocycles. The zero-order valence-corrected chi connectivity index (χ0v) is 12.2. The third-order valence-corrected chi connectivity index (χ3v) is 3.50. The lowest BCUT2D eigenvalue weighted by Gasteiger charge is -2.16. The van der Waals surface area contributed by atoms with Gasteiger partial charge in [0, 0.05) is 18.2 Å². The Morgan fingerprint density at radius 3 is 2.45 bits per heavy atom. The fourth-order valence-corrected chi connectivity index (χ4v) is 2.34. The van der Waals surface area contributed by atoms with E-state index in [4.69, 9.17) is 5.73 Å². The molecule has 0 amide bonds. The Kier molecular flexibility index (Phi) is 4.74. The standard InChI is InChI=1S/C17H22N2O/c1-3-4-12-19-16(14-8-6-5-7-9-14)11-10-15(13(2)18)17(19)20/h5-11,13H,3-4,12,18H2,1-2H3. The number of pyridine rings is 1. The van der Waals surface area contributed by atoms with Crippen molar-refractivity contribution in [1.29, 1.82) is 0 Å². The van der Waals surface area contributed by atoms with Crippen LogP contribution in [0, 0.1) is 0 Å². The normalized spacial score (nSPS) is 12.3. The fourth-order valence-electron chi connectivity index (χ4n) is 2.34. The molecular weight excluding hydrogens is 248 g/mol. The zero-order valence-electron chi connectivity index (χ0n) is 12.2. The molecule has 1 aromatic carbocycles.